The highest BCUT2D eigenvalue weighted by atomic mass is 19.4. The lowest BCUT2D eigenvalue weighted by molar-refractivity contribution is -0.143. The van der Waals surface area contributed by atoms with Gasteiger partial charge in [0.15, 0.2) is 5.60 Å². The van der Waals surface area contributed by atoms with E-state index in [1.165, 1.54) is 13.8 Å². The Morgan fingerprint density at radius 3 is 2.42 bits per heavy atom. The summed E-state index contributed by atoms with van der Waals surface area (Å²) in [5, 5.41) is 2.41. The van der Waals surface area contributed by atoms with Crippen molar-refractivity contribution in [1.29, 1.82) is 0 Å². The first-order chi connectivity index (χ1) is 14.2. The van der Waals surface area contributed by atoms with Crippen molar-refractivity contribution in [2.75, 3.05) is 18.6 Å². The number of terminal acetylenes is 1. The van der Waals surface area contributed by atoms with Crippen LogP contribution in [0, 0.1) is 18.3 Å². The number of rotatable bonds is 5. The van der Waals surface area contributed by atoms with Gasteiger partial charge in [0, 0.05) is 6.04 Å². The molecule has 7 nitrogen and oxygen atoms in total. The van der Waals surface area contributed by atoms with Gasteiger partial charge in [-0.15, -0.1) is 6.42 Å². The molecule has 0 bridgehead atoms. The van der Waals surface area contributed by atoms with Gasteiger partial charge in [0.25, 0.3) is 11.8 Å². The molecule has 1 heterocycles. The summed E-state index contributed by atoms with van der Waals surface area (Å²) in [5.74, 6) is -1.63. The number of nitrogens with zero attached hydrogens (tertiary/aromatic N) is 1. The minimum atomic E-state index is -4.86. The highest BCUT2D eigenvalue weighted by Crippen LogP contribution is 2.44. The normalized spacial score (nSPS) is 16.1. The molecule has 1 aliphatic heterocycles. The van der Waals surface area contributed by atoms with Crippen molar-refractivity contribution in [3.05, 3.63) is 23.3 Å². The average molecular weight is 440 g/mol. The number of halogens is 3. The van der Waals surface area contributed by atoms with Crippen LogP contribution in [-0.2, 0) is 20.5 Å². The number of amides is 2. The molecule has 0 aliphatic carbocycles. The van der Waals surface area contributed by atoms with Crippen LogP contribution < -0.4 is 15.0 Å². The van der Waals surface area contributed by atoms with E-state index in [0.717, 1.165) is 18.1 Å². The van der Waals surface area contributed by atoms with Crippen molar-refractivity contribution in [3.63, 3.8) is 0 Å². The van der Waals surface area contributed by atoms with Crippen molar-refractivity contribution < 1.29 is 37.0 Å². The molecular formula is C21H23F3N2O5. The Hall–Kier alpha value is -3.22. The van der Waals surface area contributed by atoms with E-state index in [1.54, 1.807) is 13.8 Å². The summed E-state index contributed by atoms with van der Waals surface area (Å²) in [7, 11) is 1.12. The topological polar surface area (TPSA) is 84.9 Å². The molecule has 0 saturated carbocycles. The van der Waals surface area contributed by atoms with E-state index in [9.17, 15) is 27.6 Å². The number of hydrogen-bond donors (Lipinski definition) is 1. The fourth-order valence-electron chi connectivity index (χ4n) is 3.08. The van der Waals surface area contributed by atoms with Gasteiger partial charge in [-0.05, 0) is 39.8 Å². The minimum absolute atomic E-state index is 0.101. The van der Waals surface area contributed by atoms with Gasteiger partial charge in [0.1, 0.15) is 11.7 Å². The van der Waals surface area contributed by atoms with Crippen LogP contribution in [0.2, 0.25) is 0 Å². The lowest BCUT2D eigenvalue weighted by Crippen LogP contribution is -2.54. The number of benzene rings is 1. The number of nitrogens with one attached hydrogen (secondary N) is 1. The molecule has 168 valence electrons. The van der Waals surface area contributed by atoms with E-state index >= 15 is 0 Å². The third kappa shape index (κ3) is 4.93. The molecule has 0 fully saturated rings. The molecule has 1 aromatic carbocycles. The SMILES string of the molecule is C#C[C@@H](CN1C(=O)C(C)(C)Oc2cc(C(F)(F)F)c(C(=O)NC(C)C)cc21)C(=O)OC. The molecule has 2 amide bonds. The summed E-state index contributed by atoms with van der Waals surface area (Å²) >= 11 is 0. The molecule has 0 radical (unpaired) electrons. The number of carbonyl (C=O) groups excluding carboxylic acids is 3. The summed E-state index contributed by atoms with van der Waals surface area (Å²) < 4.78 is 51.2. The molecule has 0 unspecified atom stereocenters. The van der Waals surface area contributed by atoms with Gasteiger partial charge in [-0.3, -0.25) is 14.4 Å². The van der Waals surface area contributed by atoms with Gasteiger partial charge in [-0.25, -0.2) is 0 Å². The van der Waals surface area contributed by atoms with Gasteiger partial charge in [-0.2, -0.15) is 13.2 Å². The summed E-state index contributed by atoms with van der Waals surface area (Å²) in [4.78, 5) is 38.4. The Labute approximate surface area is 177 Å². The maximum absolute atomic E-state index is 13.7. The second-order valence-corrected chi connectivity index (χ2v) is 7.76. The Kier molecular flexibility index (Phi) is 6.59. The van der Waals surface area contributed by atoms with Crippen LogP contribution in [0.5, 0.6) is 5.75 Å². The molecule has 10 heteroatoms. The number of anilines is 1. The monoisotopic (exact) mass is 440 g/mol. The summed E-state index contributed by atoms with van der Waals surface area (Å²) in [6.07, 6.45) is 0.525. The number of fused-ring (bicyclic) bond motifs is 1. The fraction of sp³-hybridized carbons (Fsp3) is 0.476. The number of carbonyl (C=O) groups is 3. The maximum Gasteiger partial charge on any atom is 0.417 e. The largest absolute Gasteiger partial charge is 0.476 e. The smallest absolute Gasteiger partial charge is 0.417 e. The van der Waals surface area contributed by atoms with Crippen LogP contribution >= 0.6 is 0 Å². The van der Waals surface area contributed by atoms with Crippen molar-refractivity contribution in [2.45, 2.75) is 45.5 Å². The highest BCUT2D eigenvalue weighted by molar-refractivity contribution is 6.05. The zero-order chi connectivity index (χ0) is 23.7. The lowest BCUT2D eigenvalue weighted by Gasteiger charge is -2.40. The molecule has 0 saturated heterocycles. The van der Waals surface area contributed by atoms with E-state index in [0.29, 0.717) is 6.07 Å². The maximum atomic E-state index is 13.7. The second kappa shape index (κ2) is 8.49. The van der Waals surface area contributed by atoms with Gasteiger partial charge < -0.3 is 19.7 Å². The van der Waals surface area contributed by atoms with Gasteiger partial charge in [-0.1, -0.05) is 5.92 Å². The van der Waals surface area contributed by atoms with Crippen molar-refractivity contribution in [2.24, 2.45) is 5.92 Å². The number of alkyl halides is 3. The molecule has 1 aromatic rings. The highest BCUT2D eigenvalue weighted by Gasteiger charge is 2.45. The quantitative estimate of drug-likeness (QED) is 0.562. The molecule has 0 spiro atoms. The Balaban J connectivity index is 2.70. The van der Waals surface area contributed by atoms with E-state index in [4.69, 9.17) is 11.2 Å². The number of esters is 1. The predicted octanol–water partition coefficient (Wildman–Crippen LogP) is 2.77. The van der Waals surface area contributed by atoms with Crippen LogP contribution in [0.4, 0.5) is 18.9 Å². The van der Waals surface area contributed by atoms with E-state index in [-0.39, 0.29) is 18.0 Å². The Morgan fingerprint density at radius 2 is 1.94 bits per heavy atom. The number of hydrogen-bond acceptors (Lipinski definition) is 5. The summed E-state index contributed by atoms with van der Waals surface area (Å²) in [6, 6.07) is 1.17. The third-order valence-corrected chi connectivity index (χ3v) is 4.54. The molecule has 0 aromatic heterocycles. The number of methoxy groups -OCH3 is 1. The van der Waals surface area contributed by atoms with Gasteiger partial charge in [0.2, 0.25) is 0 Å². The zero-order valence-corrected chi connectivity index (χ0v) is 17.7. The van der Waals surface area contributed by atoms with Crippen LogP contribution in [0.15, 0.2) is 12.1 Å². The fourth-order valence-corrected chi connectivity index (χ4v) is 3.08. The molecule has 1 aliphatic rings. The number of ether oxygens (including phenoxy) is 2. The summed E-state index contributed by atoms with van der Waals surface area (Å²) in [5.41, 5.74) is -3.53. The summed E-state index contributed by atoms with van der Waals surface area (Å²) in [6.45, 7) is 5.58. The van der Waals surface area contributed by atoms with Crippen molar-refractivity contribution in [1.82, 2.24) is 5.32 Å². The standard InChI is InChI=1S/C21H23F3N2O5/c1-7-12(18(28)30-6)10-26-15-8-13(17(27)25-11(2)3)14(21(22,23)24)9-16(15)31-20(4,5)19(26)29/h1,8-9,11-12H,10H2,2-6H3,(H,25,27)/t12-/m0/s1. The minimum Gasteiger partial charge on any atom is -0.476 e. The van der Waals surface area contributed by atoms with Crippen LogP contribution in [-0.4, -0.2) is 43.1 Å². The molecule has 1 N–H and O–H groups in total. The lowest BCUT2D eigenvalue weighted by atomic mass is 9.97. The first-order valence-electron chi connectivity index (χ1n) is 9.34. The van der Waals surface area contributed by atoms with Crippen LogP contribution in [0.25, 0.3) is 0 Å². The zero-order valence-electron chi connectivity index (χ0n) is 17.7. The van der Waals surface area contributed by atoms with E-state index < -0.39 is 52.6 Å². The molecule has 1 atom stereocenters. The second-order valence-electron chi connectivity index (χ2n) is 7.76. The Bertz CT molecular complexity index is 948. The van der Waals surface area contributed by atoms with Crippen LogP contribution in [0.1, 0.15) is 43.6 Å². The Morgan fingerprint density at radius 1 is 1.32 bits per heavy atom. The van der Waals surface area contributed by atoms with E-state index in [1.807, 2.05) is 0 Å². The molecule has 2 rings (SSSR count). The average Bonchev–Trinajstić information content (AvgIpc) is 2.65. The van der Waals surface area contributed by atoms with Crippen LogP contribution in [0.3, 0.4) is 0 Å². The predicted molar refractivity (Wildman–Crippen MR) is 105 cm³/mol. The first-order valence-corrected chi connectivity index (χ1v) is 9.34. The van der Waals surface area contributed by atoms with Gasteiger partial charge >= 0.3 is 12.1 Å². The van der Waals surface area contributed by atoms with Gasteiger partial charge in [0.05, 0.1) is 30.5 Å². The molecular weight excluding hydrogens is 417 g/mol. The third-order valence-electron chi connectivity index (χ3n) is 4.54. The first kappa shape index (κ1) is 24.1. The van der Waals surface area contributed by atoms with Crippen molar-refractivity contribution >= 4 is 23.5 Å². The molecule has 31 heavy (non-hydrogen) atoms. The van der Waals surface area contributed by atoms with E-state index in [2.05, 4.69) is 16.0 Å². The van der Waals surface area contributed by atoms with Crippen molar-refractivity contribution in [3.8, 4) is 18.1 Å².